The van der Waals surface area contributed by atoms with E-state index in [2.05, 4.69) is 11.6 Å². The Morgan fingerprint density at radius 1 is 1.75 bits per heavy atom. The highest BCUT2D eigenvalue weighted by molar-refractivity contribution is 7.99. The lowest BCUT2D eigenvalue weighted by molar-refractivity contribution is 0.129. The van der Waals surface area contributed by atoms with Crippen molar-refractivity contribution in [1.82, 2.24) is 5.32 Å². The Labute approximate surface area is 78.1 Å². The predicted octanol–water partition coefficient (Wildman–Crippen LogP) is -0.210. The van der Waals surface area contributed by atoms with Crippen molar-refractivity contribution in [3.63, 3.8) is 0 Å². The van der Waals surface area contributed by atoms with Gasteiger partial charge in [0.25, 0.3) is 0 Å². The van der Waals surface area contributed by atoms with Gasteiger partial charge in [-0.05, 0) is 25.6 Å². The highest BCUT2D eigenvalue weighted by Crippen LogP contribution is 2.20. The van der Waals surface area contributed by atoms with Gasteiger partial charge in [0.2, 0.25) is 0 Å². The van der Waals surface area contributed by atoms with Crippen molar-refractivity contribution in [2.24, 2.45) is 5.73 Å². The van der Waals surface area contributed by atoms with Crippen LogP contribution in [0.25, 0.3) is 0 Å². The summed E-state index contributed by atoms with van der Waals surface area (Å²) in [5, 5.41) is 13.6. The Kier molecular flexibility index (Phi) is 4.35. The zero-order valence-electron chi connectivity index (χ0n) is 7.49. The molecule has 1 fully saturated rings. The van der Waals surface area contributed by atoms with E-state index in [1.54, 1.807) is 0 Å². The molecule has 0 amide bonds. The molecule has 3 nitrogen and oxygen atoms in total. The summed E-state index contributed by atoms with van der Waals surface area (Å²) in [6, 6.07) is 0.269. The fraction of sp³-hybridized carbons (Fsp3) is 1.00. The molecule has 72 valence electrons. The minimum Gasteiger partial charge on any atom is -0.391 e. The van der Waals surface area contributed by atoms with Gasteiger partial charge in [0.05, 0.1) is 6.10 Å². The van der Waals surface area contributed by atoms with Crippen molar-refractivity contribution in [2.45, 2.75) is 30.2 Å². The van der Waals surface area contributed by atoms with Crippen molar-refractivity contribution in [3.05, 3.63) is 0 Å². The number of thioether (sulfide) groups is 1. The average molecular weight is 190 g/mol. The molecule has 1 saturated heterocycles. The first kappa shape index (κ1) is 10.3. The topological polar surface area (TPSA) is 58.3 Å². The van der Waals surface area contributed by atoms with Gasteiger partial charge in [0, 0.05) is 17.8 Å². The molecule has 12 heavy (non-hydrogen) atoms. The minimum atomic E-state index is -0.257. The van der Waals surface area contributed by atoms with Crippen molar-refractivity contribution in [1.29, 1.82) is 0 Å². The first-order valence-corrected chi connectivity index (χ1v) is 5.71. The summed E-state index contributed by atoms with van der Waals surface area (Å²) in [5.41, 5.74) is 5.37. The van der Waals surface area contributed by atoms with Crippen molar-refractivity contribution >= 4 is 11.8 Å². The summed E-state index contributed by atoms with van der Waals surface area (Å²) in [6.07, 6.45) is 3.64. The van der Waals surface area contributed by atoms with Gasteiger partial charge in [-0.2, -0.15) is 11.8 Å². The van der Waals surface area contributed by atoms with Crippen LogP contribution in [0.5, 0.6) is 0 Å². The lowest BCUT2D eigenvalue weighted by atomic mass is 10.1. The Morgan fingerprint density at radius 2 is 2.50 bits per heavy atom. The normalized spacial score (nSPS) is 32.2. The van der Waals surface area contributed by atoms with E-state index in [0.29, 0.717) is 18.2 Å². The highest BCUT2D eigenvalue weighted by Gasteiger charge is 2.28. The molecule has 1 aliphatic heterocycles. The Balaban J connectivity index is 2.25. The second-order valence-corrected chi connectivity index (χ2v) is 4.39. The average Bonchev–Trinajstić information content (AvgIpc) is 2.52. The summed E-state index contributed by atoms with van der Waals surface area (Å²) >= 11 is 1.87. The molecule has 0 aliphatic carbocycles. The fourth-order valence-electron chi connectivity index (χ4n) is 1.58. The van der Waals surface area contributed by atoms with Crippen LogP contribution in [0.15, 0.2) is 0 Å². The van der Waals surface area contributed by atoms with Gasteiger partial charge < -0.3 is 16.2 Å². The maximum absolute atomic E-state index is 9.61. The van der Waals surface area contributed by atoms with Crippen molar-refractivity contribution in [2.75, 3.05) is 19.3 Å². The van der Waals surface area contributed by atoms with E-state index in [0.717, 1.165) is 13.0 Å². The van der Waals surface area contributed by atoms with Crippen molar-refractivity contribution < 1.29 is 5.11 Å². The molecule has 0 bridgehead atoms. The molecule has 1 rings (SSSR count). The van der Waals surface area contributed by atoms with E-state index in [4.69, 9.17) is 5.73 Å². The molecule has 4 N–H and O–H groups in total. The first-order valence-electron chi connectivity index (χ1n) is 4.42. The van der Waals surface area contributed by atoms with Gasteiger partial charge in [-0.25, -0.2) is 0 Å². The molecule has 1 heterocycles. The Bertz CT molecular complexity index is 134. The van der Waals surface area contributed by atoms with Crippen molar-refractivity contribution in [3.8, 4) is 0 Å². The highest BCUT2D eigenvalue weighted by atomic mass is 32.2. The molecule has 3 unspecified atom stereocenters. The van der Waals surface area contributed by atoms with Gasteiger partial charge in [-0.1, -0.05) is 0 Å². The van der Waals surface area contributed by atoms with Crippen LogP contribution in [0.1, 0.15) is 12.8 Å². The van der Waals surface area contributed by atoms with Gasteiger partial charge in [0.15, 0.2) is 0 Å². The third-order valence-corrected chi connectivity index (χ3v) is 3.41. The summed E-state index contributed by atoms with van der Waals surface area (Å²) in [5.74, 6) is 0. The van der Waals surface area contributed by atoms with Crippen LogP contribution in [-0.4, -0.2) is 41.8 Å². The third-order valence-electron chi connectivity index (χ3n) is 2.38. The van der Waals surface area contributed by atoms with Gasteiger partial charge in [-0.3, -0.25) is 0 Å². The number of hydrogen-bond acceptors (Lipinski definition) is 4. The molecule has 1 aliphatic rings. The smallest absolute Gasteiger partial charge is 0.0705 e. The standard InChI is InChI=1S/C8H18N2OS/c1-12-6-4-7(10-5-6)8(11)2-3-9/h6-8,10-11H,2-5,9H2,1H3. The number of nitrogens with two attached hydrogens (primary N) is 1. The molecular weight excluding hydrogens is 172 g/mol. The Hall–Kier alpha value is 0.230. The van der Waals surface area contributed by atoms with Crippen LogP contribution in [0.3, 0.4) is 0 Å². The van der Waals surface area contributed by atoms with Gasteiger partial charge in [-0.15, -0.1) is 0 Å². The van der Waals surface area contributed by atoms with Gasteiger partial charge in [0.1, 0.15) is 0 Å². The van der Waals surface area contributed by atoms with E-state index >= 15 is 0 Å². The largest absolute Gasteiger partial charge is 0.391 e. The van der Waals surface area contributed by atoms with E-state index in [1.807, 2.05) is 11.8 Å². The SMILES string of the molecule is CSC1CNC(C(O)CCN)C1. The van der Waals surface area contributed by atoms with E-state index in [9.17, 15) is 5.11 Å². The predicted molar refractivity (Wildman–Crippen MR) is 53.4 cm³/mol. The quantitative estimate of drug-likeness (QED) is 0.574. The van der Waals surface area contributed by atoms with Crippen LogP contribution in [0, 0.1) is 0 Å². The second-order valence-electron chi connectivity index (χ2n) is 3.25. The molecule has 0 saturated carbocycles. The number of nitrogens with one attached hydrogen (secondary N) is 1. The van der Waals surface area contributed by atoms with Crippen LogP contribution in [0.4, 0.5) is 0 Å². The molecule has 0 spiro atoms. The van der Waals surface area contributed by atoms with Crippen LogP contribution < -0.4 is 11.1 Å². The summed E-state index contributed by atoms with van der Waals surface area (Å²) in [7, 11) is 0. The number of aliphatic hydroxyl groups excluding tert-OH is 1. The van der Waals surface area contributed by atoms with Crippen LogP contribution >= 0.6 is 11.8 Å². The molecule has 0 aromatic rings. The maximum atomic E-state index is 9.61. The maximum Gasteiger partial charge on any atom is 0.0705 e. The minimum absolute atomic E-state index is 0.257. The second kappa shape index (κ2) is 5.07. The molecule has 3 atom stereocenters. The van der Waals surface area contributed by atoms with E-state index in [-0.39, 0.29) is 12.1 Å². The molecule has 0 aromatic heterocycles. The van der Waals surface area contributed by atoms with E-state index < -0.39 is 0 Å². The summed E-state index contributed by atoms with van der Waals surface area (Å²) < 4.78 is 0. The number of hydrogen-bond donors (Lipinski definition) is 3. The summed E-state index contributed by atoms with van der Waals surface area (Å²) in [6.45, 7) is 1.59. The zero-order valence-corrected chi connectivity index (χ0v) is 8.31. The zero-order chi connectivity index (χ0) is 8.97. The monoisotopic (exact) mass is 190 g/mol. The molecule has 0 radical (unpaired) electrons. The van der Waals surface area contributed by atoms with E-state index in [1.165, 1.54) is 0 Å². The molecular formula is C8H18N2OS. The van der Waals surface area contributed by atoms with Gasteiger partial charge >= 0.3 is 0 Å². The third kappa shape index (κ3) is 2.62. The first-order chi connectivity index (χ1) is 5.77. The molecule has 4 heteroatoms. The number of rotatable bonds is 4. The summed E-state index contributed by atoms with van der Waals surface area (Å²) in [4.78, 5) is 0. The van der Waals surface area contributed by atoms with Crippen LogP contribution in [-0.2, 0) is 0 Å². The lowest BCUT2D eigenvalue weighted by Crippen LogP contribution is -2.35. The Morgan fingerprint density at radius 3 is 3.00 bits per heavy atom. The fourth-order valence-corrected chi connectivity index (χ4v) is 2.24. The lowest BCUT2D eigenvalue weighted by Gasteiger charge is -2.17. The molecule has 0 aromatic carbocycles. The number of aliphatic hydroxyl groups is 1. The van der Waals surface area contributed by atoms with Crippen LogP contribution in [0.2, 0.25) is 0 Å².